The fraction of sp³-hybridized carbons (Fsp3) is 0.185. The molecule has 0 atom stereocenters. The van der Waals surface area contributed by atoms with Crippen molar-refractivity contribution in [1.82, 2.24) is 24.5 Å². The van der Waals surface area contributed by atoms with Crippen LogP contribution in [0.25, 0.3) is 27.9 Å². The van der Waals surface area contributed by atoms with Crippen molar-refractivity contribution in [3.63, 3.8) is 0 Å². The first-order valence-corrected chi connectivity index (χ1v) is 11.6. The Morgan fingerprint density at radius 3 is 2.29 bits per heavy atom. The van der Waals surface area contributed by atoms with Gasteiger partial charge in [0.1, 0.15) is 5.75 Å². The molecular weight excluding hydrogens is 440 g/mol. The Bertz CT molecular complexity index is 1510. The lowest BCUT2D eigenvalue weighted by molar-refractivity contribution is 0.0746. The van der Waals surface area contributed by atoms with E-state index < -0.39 is 0 Å². The molecule has 6 rings (SSSR count). The summed E-state index contributed by atoms with van der Waals surface area (Å²) < 4.78 is 7.25. The van der Waals surface area contributed by atoms with Crippen LogP contribution in [0.15, 0.2) is 78.9 Å². The number of ether oxygens (including phenoxy) is 1. The average molecular weight is 465 g/mol. The van der Waals surface area contributed by atoms with Crippen molar-refractivity contribution >= 4 is 28.4 Å². The zero-order valence-electron chi connectivity index (χ0n) is 19.3. The van der Waals surface area contributed by atoms with Crippen molar-refractivity contribution in [2.45, 2.75) is 0 Å². The molecule has 0 aliphatic carbocycles. The number of carbonyl (C=O) groups excluding carboxylic acids is 1. The zero-order valence-corrected chi connectivity index (χ0v) is 19.3. The van der Waals surface area contributed by atoms with Gasteiger partial charge in [-0.3, -0.25) is 4.79 Å². The zero-order chi connectivity index (χ0) is 23.8. The second-order valence-corrected chi connectivity index (χ2v) is 8.49. The van der Waals surface area contributed by atoms with Crippen molar-refractivity contribution in [2.75, 3.05) is 38.2 Å². The first kappa shape index (κ1) is 21.1. The fourth-order valence-electron chi connectivity index (χ4n) is 4.58. The van der Waals surface area contributed by atoms with Gasteiger partial charge >= 0.3 is 0 Å². The third-order valence-electron chi connectivity index (χ3n) is 6.45. The van der Waals surface area contributed by atoms with E-state index in [9.17, 15) is 4.79 Å². The van der Waals surface area contributed by atoms with Crippen LogP contribution in [0.2, 0.25) is 0 Å². The van der Waals surface area contributed by atoms with Gasteiger partial charge in [-0.1, -0.05) is 42.5 Å². The van der Waals surface area contributed by atoms with Crippen molar-refractivity contribution < 1.29 is 9.53 Å². The Balaban J connectivity index is 1.34. The number of carbonyl (C=O) groups is 1. The average Bonchev–Trinajstić information content (AvgIpc) is 3.38. The Morgan fingerprint density at radius 1 is 0.829 bits per heavy atom. The molecule has 0 spiro atoms. The van der Waals surface area contributed by atoms with Crippen molar-refractivity contribution in [2.24, 2.45) is 0 Å². The molecule has 174 valence electrons. The third kappa shape index (κ3) is 3.73. The van der Waals surface area contributed by atoms with Gasteiger partial charge < -0.3 is 14.5 Å². The second-order valence-electron chi connectivity index (χ2n) is 8.49. The SMILES string of the molecule is COc1ccc(C(=O)N2CCN(c3nc4ccccc4c4nnc(-c5ccccc5)n34)CC2)cc1. The van der Waals surface area contributed by atoms with Crippen LogP contribution in [0.3, 0.4) is 0 Å². The molecule has 1 aliphatic rings. The highest BCUT2D eigenvalue weighted by Gasteiger charge is 2.26. The Kier molecular flexibility index (Phi) is 5.25. The molecule has 0 saturated carbocycles. The topological polar surface area (TPSA) is 75.9 Å². The molecule has 8 heteroatoms. The molecule has 1 saturated heterocycles. The molecule has 0 N–H and O–H groups in total. The highest BCUT2D eigenvalue weighted by Crippen LogP contribution is 2.29. The molecule has 1 aliphatic heterocycles. The van der Waals surface area contributed by atoms with Crippen LogP contribution in [0.4, 0.5) is 5.95 Å². The van der Waals surface area contributed by atoms with Crippen LogP contribution in [0.1, 0.15) is 10.4 Å². The highest BCUT2D eigenvalue weighted by molar-refractivity contribution is 5.95. The van der Waals surface area contributed by atoms with Crippen LogP contribution >= 0.6 is 0 Å². The van der Waals surface area contributed by atoms with Crippen LogP contribution in [-0.4, -0.2) is 63.7 Å². The number of hydrogen-bond acceptors (Lipinski definition) is 6. The quantitative estimate of drug-likeness (QED) is 0.401. The van der Waals surface area contributed by atoms with Gasteiger partial charge in [0, 0.05) is 42.7 Å². The molecule has 0 radical (unpaired) electrons. The molecule has 3 heterocycles. The van der Waals surface area contributed by atoms with E-state index in [1.54, 1.807) is 7.11 Å². The molecular formula is C27H24N6O2. The van der Waals surface area contributed by atoms with Crippen LogP contribution < -0.4 is 9.64 Å². The Morgan fingerprint density at radius 2 is 1.54 bits per heavy atom. The second kappa shape index (κ2) is 8.72. The van der Waals surface area contributed by atoms with Crippen LogP contribution in [-0.2, 0) is 0 Å². The van der Waals surface area contributed by atoms with Gasteiger partial charge in [-0.25, -0.2) is 9.38 Å². The van der Waals surface area contributed by atoms with Gasteiger partial charge in [0.05, 0.1) is 12.6 Å². The minimum atomic E-state index is 0.0261. The number of amides is 1. The molecule has 0 unspecified atom stereocenters. The molecule has 8 nitrogen and oxygen atoms in total. The van der Waals surface area contributed by atoms with E-state index in [4.69, 9.17) is 9.72 Å². The third-order valence-corrected chi connectivity index (χ3v) is 6.45. The van der Waals surface area contributed by atoms with E-state index in [0.717, 1.165) is 39.6 Å². The van der Waals surface area contributed by atoms with Gasteiger partial charge in [-0.15, -0.1) is 10.2 Å². The lowest BCUT2D eigenvalue weighted by Gasteiger charge is -2.35. The number of rotatable bonds is 4. The largest absolute Gasteiger partial charge is 0.497 e. The summed E-state index contributed by atoms with van der Waals surface area (Å²) in [4.78, 5) is 22.2. The summed E-state index contributed by atoms with van der Waals surface area (Å²) in [6.07, 6.45) is 0. The van der Waals surface area contributed by atoms with E-state index in [1.165, 1.54) is 0 Å². The summed E-state index contributed by atoms with van der Waals surface area (Å²) in [7, 11) is 1.62. The number of anilines is 1. The summed E-state index contributed by atoms with van der Waals surface area (Å²) in [5.41, 5.74) is 3.29. The van der Waals surface area contributed by atoms with Crippen LogP contribution in [0, 0.1) is 0 Å². The summed E-state index contributed by atoms with van der Waals surface area (Å²) in [6, 6.07) is 25.3. The fourth-order valence-corrected chi connectivity index (χ4v) is 4.58. The molecule has 0 bridgehead atoms. The monoisotopic (exact) mass is 464 g/mol. The van der Waals surface area contributed by atoms with E-state index >= 15 is 0 Å². The minimum Gasteiger partial charge on any atom is -0.497 e. The van der Waals surface area contributed by atoms with Gasteiger partial charge in [-0.05, 0) is 36.4 Å². The van der Waals surface area contributed by atoms with E-state index in [0.29, 0.717) is 31.7 Å². The maximum absolute atomic E-state index is 13.1. The van der Waals surface area contributed by atoms with E-state index in [1.807, 2.05) is 88.2 Å². The lowest BCUT2D eigenvalue weighted by atomic mass is 10.1. The normalized spacial score (nSPS) is 14.0. The number of benzene rings is 3. The molecule has 1 amide bonds. The van der Waals surface area contributed by atoms with E-state index in [-0.39, 0.29) is 5.91 Å². The number of para-hydroxylation sites is 1. The maximum atomic E-state index is 13.1. The number of piperazine rings is 1. The molecule has 2 aromatic heterocycles. The maximum Gasteiger partial charge on any atom is 0.253 e. The smallest absolute Gasteiger partial charge is 0.253 e. The number of hydrogen-bond donors (Lipinski definition) is 0. The summed E-state index contributed by atoms with van der Waals surface area (Å²) in [5, 5.41) is 10.0. The highest BCUT2D eigenvalue weighted by atomic mass is 16.5. The standard InChI is InChI=1S/C27H24N6O2/c1-35-21-13-11-20(12-14-21)26(34)31-15-17-32(18-16-31)27-28-23-10-6-5-9-22(23)25-30-29-24(33(25)27)19-7-3-2-4-8-19/h2-14H,15-18H2,1H3. The van der Waals surface area contributed by atoms with Gasteiger partial charge in [0.2, 0.25) is 5.95 Å². The summed E-state index contributed by atoms with van der Waals surface area (Å²) >= 11 is 0. The number of nitrogens with zero attached hydrogens (tertiary/aromatic N) is 6. The van der Waals surface area contributed by atoms with Crippen LogP contribution in [0.5, 0.6) is 5.75 Å². The Labute approximate surface area is 202 Å². The minimum absolute atomic E-state index is 0.0261. The Hall–Kier alpha value is -4.46. The predicted octanol–water partition coefficient (Wildman–Crippen LogP) is 3.92. The molecule has 1 fully saturated rings. The number of methoxy groups -OCH3 is 1. The van der Waals surface area contributed by atoms with Crippen molar-refractivity contribution in [3.05, 3.63) is 84.4 Å². The van der Waals surface area contributed by atoms with E-state index in [2.05, 4.69) is 15.1 Å². The van der Waals surface area contributed by atoms with Gasteiger partial charge in [0.25, 0.3) is 5.91 Å². The molecule has 5 aromatic rings. The lowest BCUT2D eigenvalue weighted by Crippen LogP contribution is -2.49. The number of fused-ring (bicyclic) bond motifs is 3. The van der Waals surface area contributed by atoms with Gasteiger partial charge in [-0.2, -0.15) is 0 Å². The molecule has 3 aromatic carbocycles. The first-order valence-electron chi connectivity index (χ1n) is 11.6. The van der Waals surface area contributed by atoms with Gasteiger partial charge in [0.15, 0.2) is 11.5 Å². The van der Waals surface area contributed by atoms with Crippen molar-refractivity contribution in [1.29, 1.82) is 0 Å². The number of aromatic nitrogens is 4. The summed E-state index contributed by atoms with van der Waals surface area (Å²) in [6.45, 7) is 2.52. The molecule has 35 heavy (non-hydrogen) atoms. The predicted molar refractivity (Wildman–Crippen MR) is 135 cm³/mol. The summed E-state index contributed by atoms with van der Waals surface area (Å²) in [5.74, 6) is 2.31. The first-order chi connectivity index (χ1) is 17.2. The van der Waals surface area contributed by atoms with Crippen molar-refractivity contribution in [3.8, 4) is 17.1 Å².